The van der Waals surface area contributed by atoms with Crippen LogP contribution in [-0.2, 0) is 13.0 Å². The first kappa shape index (κ1) is 14.9. The molecule has 0 spiro atoms. The zero-order valence-electron chi connectivity index (χ0n) is 10.3. The summed E-state index contributed by atoms with van der Waals surface area (Å²) in [6.45, 7) is 2.32. The Bertz CT molecular complexity index is 453. The lowest BCUT2D eigenvalue weighted by Crippen LogP contribution is -3.00. The van der Waals surface area contributed by atoms with E-state index in [0.29, 0.717) is 17.6 Å². The molecule has 1 atom stereocenters. The van der Waals surface area contributed by atoms with Gasteiger partial charge in [0, 0.05) is 12.5 Å². The lowest BCUT2D eigenvalue weighted by atomic mass is 9.96. The standard InChI is InChI=1S/C12H17N2O3.ClH/c1-14(7-8-15)6-5-10-3-2-4-12(13(16)17)11(10)9-14;/h2-4,15H,5-9H2,1H3;1H/q+1;/p-1. The van der Waals surface area contributed by atoms with Gasteiger partial charge in [0.2, 0.25) is 0 Å². The van der Waals surface area contributed by atoms with Gasteiger partial charge in [-0.2, -0.15) is 0 Å². The molecule has 0 aromatic heterocycles. The number of benzene rings is 1. The number of hydrogen-bond acceptors (Lipinski definition) is 3. The SMILES string of the molecule is C[N+]1(CCO)CCc2cccc([N+](=O)[O-])c2C1.[Cl-]. The quantitative estimate of drug-likeness (QED) is 0.397. The van der Waals surface area contributed by atoms with Crippen molar-refractivity contribution in [3.8, 4) is 0 Å². The maximum atomic E-state index is 11.0. The second kappa shape index (κ2) is 5.65. The van der Waals surface area contributed by atoms with E-state index in [1.807, 2.05) is 13.1 Å². The highest BCUT2D eigenvalue weighted by Gasteiger charge is 2.32. The van der Waals surface area contributed by atoms with E-state index in [1.165, 1.54) is 0 Å². The van der Waals surface area contributed by atoms with Gasteiger partial charge < -0.3 is 22.0 Å². The van der Waals surface area contributed by atoms with Crippen LogP contribution in [0.15, 0.2) is 18.2 Å². The molecule has 1 aliphatic heterocycles. The van der Waals surface area contributed by atoms with Crippen LogP contribution in [0.1, 0.15) is 11.1 Å². The lowest BCUT2D eigenvalue weighted by molar-refractivity contribution is -0.924. The highest BCUT2D eigenvalue weighted by Crippen LogP contribution is 2.30. The van der Waals surface area contributed by atoms with Crippen LogP contribution in [0.5, 0.6) is 0 Å². The van der Waals surface area contributed by atoms with Crippen LogP contribution in [0.4, 0.5) is 5.69 Å². The van der Waals surface area contributed by atoms with Crippen LogP contribution >= 0.6 is 0 Å². The summed E-state index contributed by atoms with van der Waals surface area (Å²) in [6, 6.07) is 5.27. The van der Waals surface area contributed by atoms with Crippen LogP contribution in [0, 0.1) is 10.1 Å². The van der Waals surface area contributed by atoms with E-state index in [4.69, 9.17) is 5.11 Å². The molecule has 0 amide bonds. The minimum atomic E-state index is -0.312. The van der Waals surface area contributed by atoms with Gasteiger partial charge in [0.15, 0.2) is 0 Å². The molecule has 1 aromatic rings. The Morgan fingerprint density at radius 1 is 1.50 bits per heavy atom. The number of fused-ring (bicyclic) bond motifs is 1. The summed E-state index contributed by atoms with van der Waals surface area (Å²) in [6.07, 6.45) is 0.841. The van der Waals surface area contributed by atoms with E-state index >= 15 is 0 Å². The van der Waals surface area contributed by atoms with Gasteiger partial charge in [-0.05, 0) is 5.56 Å². The molecule has 1 N–H and O–H groups in total. The van der Waals surface area contributed by atoms with Crippen molar-refractivity contribution in [2.24, 2.45) is 0 Å². The molecule has 0 aliphatic carbocycles. The number of halogens is 1. The van der Waals surface area contributed by atoms with Crippen molar-refractivity contribution in [3.05, 3.63) is 39.4 Å². The van der Waals surface area contributed by atoms with Crippen LogP contribution in [0.3, 0.4) is 0 Å². The Morgan fingerprint density at radius 3 is 2.83 bits per heavy atom. The van der Waals surface area contributed by atoms with E-state index in [1.54, 1.807) is 12.1 Å². The third kappa shape index (κ3) is 2.80. The van der Waals surface area contributed by atoms with Gasteiger partial charge >= 0.3 is 0 Å². The fourth-order valence-electron chi connectivity index (χ4n) is 2.49. The predicted molar refractivity (Wildman–Crippen MR) is 63.5 cm³/mol. The first-order valence-corrected chi connectivity index (χ1v) is 5.75. The molecular formula is C12H17ClN2O3. The zero-order valence-corrected chi connectivity index (χ0v) is 11.1. The molecule has 1 aliphatic rings. The van der Waals surface area contributed by atoms with Gasteiger partial charge in [0.1, 0.15) is 13.1 Å². The number of nitro benzene ring substituents is 1. The molecule has 1 unspecified atom stereocenters. The molecule has 100 valence electrons. The molecule has 5 nitrogen and oxygen atoms in total. The Balaban J connectivity index is 0.00000162. The van der Waals surface area contributed by atoms with E-state index in [-0.39, 0.29) is 29.6 Å². The Morgan fingerprint density at radius 2 is 2.22 bits per heavy atom. The van der Waals surface area contributed by atoms with Gasteiger partial charge in [-0.3, -0.25) is 10.1 Å². The molecule has 2 rings (SSSR count). The second-order valence-corrected chi connectivity index (χ2v) is 4.87. The predicted octanol–water partition coefficient (Wildman–Crippen LogP) is -1.91. The van der Waals surface area contributed by atoms with Crippen molar-refractivity contribution in [2.75, 3.05) is 26.7 Å². The lowest BCUT2D eigenvalue weighted by Gasteiger charge is -2.37. The third-order valence-electron chi connectivity index (χ3n) is 3.55. The molecule has 0 fully saturated rings. The Hall–Kier alpha value is -1.17. The number of rotatable bonds is 3. The summed E-state index contributed by atoms with van der Waals surface area (Å²) in [7, 11) is 2.04. The first-order chi connectivity index (χ1) is 8.06. The summed E-state index contributed by atoms with van der Waals surface area (Å²) in [5.74, 6) is 0. The highest BCUT2D eigenvalue weighted by molar-refractivity contribution is 5.45. The Kier molecular flexibility index (Phi) is 4.67. The number of likely N-dealkylation sites (N-methyl/N-ethyl adjacent to an activating group) is 1. The number of aliphatic hydroxyl groups is 1. The summed E-state index contributed by atoms with van der Waals surface area (Å²) < 4.78 is 0.675. The van der Waals surface area contributed by atoms with Crippen molar-refractivity contribution in [3.63, 3.8) is 0 Å². The van der Waals surface area contributed by atoms with Crippen LogP contribution in [0.2, 0.25) is 0 Å². The average Bonchev–Trinajstić information content (AvgIpc) is 2.28. The van der Waals surface area contributed by atoms with E-state index in [0.717, 1.165) is 24.1 Å². The van der Waals surface area contributed by atoms with Gasteiger partial charge in [-0.25, -0.2) is 0 Å². The van der Waals surface area contributed by atoms with Gasteiger partial charge in [0.25, 0.3) is 5.69 Å². The number of aliphatic hydroxyl groups excluding tert-OH is 1. The number of quaternary nitrogens is 1. The number of nitro groups is 1. The third-order valence-corrected chi connectivity index (χ3v) is 3.55. The summed E-state index contributed by atoms with van der Waals surface area (Å²) in [5, 5.41) is 20.1. The minimum absolute atomic E-state index is 0. The number of nitrogens with zero attached hydrogens (tertiary/aromatic N) is 2. The summed E-state index contributed by atoms with van der Waals surface area (Å²) in [4.78, 5) is 10.7. The molecule has 1 heterocycles. The summed E-state index contributed by atoms with van der Waals surface area (Å²) >= 11 is 0. The fourth-order valence-corrected chi connectivity index (χ4v) is 2.49. The van der Waals surface area contributed by atoms with Gasteiger partial charge in [-0.15, -0.1) is 0 Å². The second-order valence-electron chi connectivity index (χ2n) is 4.87. The zero-order chi connectivity index (χ0) is 12.5. The topological polar surface area (TPSA) is 63.4 Å². The maximum absolute atomic E-state index is 11.0. The molecule has 0 radical (unpaired) electrons. The monoisotopic (exact) mass is 272 g/mol. The van der Waals surface area contributed by atoms with Crippen molar-refractivity contribution in [2.45, 2.75) is 13.0 Å². The highest BCUT2D eigenvalue weighted by atomic mass is 35.5. The fraction of sp³-hybridized carbons (Fsp3) is 0.500. The van der Waals surface area contributed by atoms with Crippen LogP contribution in [-0.4, -0.2) is 41.3 Å². The van der Waals surface area contributed by atoms with Crippen molar-refractivity contribution >= 4 is 5.69 Å². The van der Waals surface area contributed by atoms with Crippen molar-refractivity contribution in [1.29, 1.82) is 0 Å². The van der Waals surface area contributed by atoms with Crippen molar-refractivity contribution < 1.29 is 26.9 Å². The van der Waals surface area contributed by atoms with E-state index in [9.17, 15) is 10.1 Å². The maximum Gasteiger partial charge on any atom is 0.278 e. The molecule has 6 heteroatoms. The normalized spacial score (nSPS) is 21.9. The Labute approximate surface area is 112 Å². The largest absolute Gasteiger partial charge is 1.00 e. The van der Waals surface area contributed by atoms with Crippen LogP contribution < -0.4 is 12.4 Å². The van der Waals surface area contributed by atoms with Gasteiger partial charge in [0.05, 0.1) is 30.7 Å². The average molecular weight is 273 g/mol. The molecular weight excluding hydrogens is 256 g/mol. The smallest absolute Gasteiger partial charge is 0.278 e. The van der Waals surface area contributed by atoms with Gasteiger partial charge in [-0.1, -0.05) is 12.1 Å². The molecule has 0 bridgehead atoms. The van der Waals surface area contributed by atoms with E-state index < -0.39 is 0 Å². The summed E-state index contributed by atoms with van der Waals surface area (Å²) in [5.41, 5.74) is 2.12. The minimum Gasteiger partial charge on any atom is -1.00 e. The molecule has 1 aromatic carbocycles. The first-order valence-electron chi connectivity index (χ1n) is 5.75. The molecule has 18 heavy (non-hydrogen) atoms. The number of hydrogen-bond donors (Lipinski definition) is 1. The van der Waals surface area contributed by atoms with E-state index in [2.05, 4.69) is 0 Å². The molecule has 0 saturated carbocycles. The van der Waals surface area contributed by atoms with Crippen LogP contribution in [0.25, 0.3) is 0 Å². The van der Waals surface area contributed by atoms with Crippen molar-refractivity contribution in [1.82, 2.24) is 0 Å². The molecule has 0 saturated heterocycles.